The molecule has 11 heteroatoms. The van der Waals surface area contributed by atoms with Crippen LogP contribution in [0.3, 0.4) is 0 Å². The van der Waals surface area contributed by atoms with Crippen molar-refractivity contribution in [1.82, 2.24) is 5.32 Å². The minimum absolute atomic E-state index is 0.0115. The number of thioether (sulfide) groups is 1. The Morgan fingerprint density at radius 1 is 1.18 bits per heavy atom. The van der Waals surface area contributed by atoms with E-state index in [1.54, 1.807) is 0 Å². The summed E-state index contributed by atoms with van der Waals surface area (Å²) in [6, 6.07) is 11.7. The predicted molar refractivity (Wildman–Crippen MR) is 129 cm³/mol. The number of carbonyl (C=O) groups excluding carboxylic acids is 2. The number of methoxy groups -OCH3 is 1. The van der Waals surface area contributed by atoms with Crippen molar-refractivity contribution < 1.29 is 24.0 Å². The summed E-state index contributed by atoms with van der Waals surface area (Å²) in [5.74, 6) is -0.287. The van der Waals surface area contributed by atoms with Gasteiger partial charge in [-0.25, -0.2) is 4.79 Å². The predicted octanol–water partition coefficient (Wildman–Crippen LogP) is 4.29. The van der Waals surface area contributed by atoms with Gasteiger partial charge in [0.25, 0.3) is 11.6 Å². The Labute approximate surface area is 199 Å². The zero-order valence-electron chi connectivity index (χ0n) is 18.9. The van der Waals surface area contributed by atoms with Gasteiger partial charge in [-0.3, -0.25) is 20.2 Å². The van der Waals surface area contributed by atoms with Crippen LogP contribution in [0.4, 0.5) is 5.69 Å². The average Bonchev–Trinajstić information content (AvgIpc) is 3.13. The molecular formula is C23H22N4O6S. The smallest absolute Gasteiger partial charge is 0.331 e. The lowest BCUT2D eigenvalue weighted by Crippen LogP contribution is -2.19. The van der Waals surface area contributed by atoms with Crippen LogP contribution in [-0.2, 0) is 19.7 Å². The van der Waals surface area contributed by atoms with E-state index in [0.717, 1.165) is 23.4 Å². The van der Waals surface area contributed by atoms with Crippen LogP contribution in [0.2, 0.25) is 0 Å². The lowest BCUT2D eigenvalue weighted by Gasteiger charge is -2.19. The molecule has 34 heavy (non-hydrogen) atoms. The largest absolute Gasteiger partial charge is 0.466 e. The molecule has 2 aromatic rings. The van der Waals surface area contributed by atoms with Crippen LogP contribution >= 0.6 is 11.8 Å². The summed E-state index contributed by atoms with van der Waals surface area (Å²) < 4.78 is 10.4. The number of amides is 1. The van der Waals surface area contributed by atoms with Crippen molar-refractivity contribution in [1.29, 1.82) is 0 Å². The Hall–Kier alpha value is -3.99. The Balaban J connectivity index is 1.83. The third-order valence-electron chi connectivity index (χ3n) is 4.60. The number of nitro benzene ring substituents is 1. The van der Waals surface area contributed by atoms with Gasteiger partial charge >= 0.3 is 5.97 Å². The quantitative estimate of drug-likeness (QED) is 0.213. The molecule has 1 heterocycles. The summed E-state index contributed by atoms with van der Waals surface area (Å²) in [6.45, 7) is 6.32. The summed E-state index contributed by atoms with van der Waals surface area (Å²) in [4.78, 5) is 34.0. The molecule has 0 aromatic heterocycles. The summed E-state index contributed by atoms with van der Waals surface area (Å²) in [7, 11) is 1.20. The number of nitrogens with one attached hydrogen (secondary N) is 1. The third-order valence-corrected chi connectivity index (χ3v) is 5.50. The van der Waals surface area contributed by atoms with Gasteiger partial charge in [0, 0.05) is 23.8 Å². The molecule has 176 valence electrons. The van der Waals surface area contributed by atoms with E-state index < -0.39 is 16.8 Å². The van der Waals surface area contributed by atoms with E-state index in [1.807, 2.05) is 24.3 Å². The molecule has 2 aromatic carbocycles. The minimum atomic E-state index is -0.670. The molecule has 1 aliphatic rings. The first-order valence-corrected chi connectivity index (χ1v) is 10.8. The van der Waals surface area contributed by atoms with Gasteiger partial charge in [0.1, 0.15) is 11.5 Å². The number of rotatable bonds is 6. The summed E-state index contributed by atoms with van der Waals surface area (Å²) >= 11 is 0.912. The van der Waals surface area contributed by atoms with E-state index in [9.17, 15) is 19.7 Å². The maximum Gasteiger partial charge on any atom is 0.331 e. The zero-order chi connectivity index (χ0) is 24.9. The number of hydrogen-bond acceptors (Lipinski definition) is 9. The van der Waals surface area contributed by atoms with Gasteiger partial charge in [-0.05, 0) is 40.9 Å². The lowest BCUT2D eigenvalue weighted by molar-refractivity contribution is -0.384. The second-order valence-electron chi connectivity index (χ2n) is 8.09. The van der Waals surface area contributed by atoms with Gasteiger partial charge in [-0.15, -0.1) is 5.10 Å². The van der Waals surface area contributed by atoms with E-state index in [0.29, 0.717) is 17.1 Å². The van der Waals surface area contributed by atoms with E-state index >= 15 is 0 Å². The van der Waals surface area contributed by atoms with Crippen LogP contribution in [0.1, 0.15) is 31.9 Å². The highest BCUT2D eigenvalue weighted by atomic mass is 32.2. The Morgan fingerprint density at radius 2 is 1.88 bits per heavy atom. The van der Waals surface area contributed by atoms with Gasteiger partial charge in [0.2, 0.25) is 0 Å². The van der Waals surface area contributed by atoms with Crippen molar-refractivity contribution in [3.63, 3.8) is 0 Å². The van der Waals surface area contributed by atoms with Crippen molar-refractivity contribution in [2.45, 2.75) is 26.2 Å². The number of carbonyl (C=O) groups is 2. The Morgan fingerprint density at radius 3 is 2.50 bits per heavy atom. The van der Waals surface area contributed by atoms with Gasteiger partial charge in [-0.1, -0.05) is 32.9 Å². The molecule has 0 aliphatic carbocycles. The number of esters is 1. The number of benzene rings is 2. The number of non-ortho nitro benzene ring substituents is 1. The second-order valence-corrected chi connectivity index (χ2v) is 9.12. The highest BCUT2D eigenvalue weighted by Crippen LogP contribution is 2.30. The average molecular weight is 483 g/mol. The molecule has 1 fully saturated rings. The van der Waals surface area contributed by atoms with Gasteiger partial charge in [0.05, 0.1) is 23.2 Å². The van der Waals surface area contributed by atoms with Gasteiger partial charge in [0.15, 0.2) is 5.17 Å². The maximum atomic E-state index is 11.9. The van der Waals surface area contributed by atoms with Crippen LogP contribution < -0.4 is 10.1 Å². The number of amidine groups is 1. The molecule has 0 saturated carbocycles. The highest BCUT2D eigenvalue weighted by Gasteiger charge is 2.25. The zero-order valence-corrected chi connectivity index (χ0v) is 19.7. The molecule has 0 bridgehead atoms. The number of nitrogens with zero attached hydrogens (tertiary/aromatic N) is 3. The minimum Gasteiger partial charge on any atom is -0.466 e. The lowest BCUT2D eigenvalue weighted by atomic mass is 9.87. The first kappa shape index (κ1) is 24.6. The molecule has 1 saturated heterocycles. The molecule has 0 radical (unpaired) electrons. The molecule has 0 unspecified atom stereocenters. The molecule has 0 spiro atoms. The fraction of sp³-hybridized carbons (Fsp3) is 0.217. The van der Waals surface area contributed by atoms with Crippen LogP contribution in [0.5, 0.6) is 11.5 Å². The molecular weight excluding hydrogens is 460 g/mol. The highest BCUT2D eigenvalue weighted by molar-refractivity contribution is 8.18. The normalized spacial score (nSPS) is 16.2. The van der Waals surface area contributed by atoms with Gasteiger partial charge in [-0.2, -0.15) is 5.10 Å². The van der Waals surface area contributed by atoms with Crippen molar-refractivity contribution in [3.8, 4) is 11.5 Å². The van der Waals surface area contributed by atoms with Crippen LogP contribution in [0.25, 0.3) is 0 Å². The monoisotopic (exact) mass is 482 g/mol. The fourth-order valence-corrected chi connectivity index (χ4v) is 3.52. The van der Waals surface area contributed by atoms with Crippen LogP contribution in [-0.4, -0.2) is 35.3 Å². The van der Waals surface area contributed by atoms with E-state index in [-0.39, 0.29) is 21.2 Å². The van der Waals surface area contributed by atoms with Crippen molar-refractivity contribution in [2.75, 3.05) is 7.11 Å². The first-order valence-electron chi connectivity index (χ1n) is 10.0. The molecule has 10 nitrogen and oxygen atoms in total. The molecule has 0 atom stereocenters. The molecule has 1 amide bonds. The van der Waals surface area contributed by atoms with Crippen molar-refractivity contribution in [3.05, 3.63) is 74.7 Å². The van der Waals surface area contributed by atoms with Crippen LogP contribution in [0.15, 0.2) is 63.6 Å². The number of hydrogen-bond donors (Lipinski definition) is 1. The topological polar surface area (TPSA) is 132 Å². The second kappa shape index (κ2) is 10.3. The summed E-state index contributed by atoms with van der Waals surface area (Å²) in [6.07, 6.45) is 2.33. The van der Waals surface area contributed by atoms with Gasteiger partial charge < -0.3 is 9.47 Å². The van der Waals surface area contributed by atoms with E-state index in [1.165, 1.54) is 31.5 Å². The van der Waals surface area contributed by atoms with Crippen molar-refractivity contribution in [2.24, 2.45) is 10.2 Å². The molecule has 1 N–H and O–H groups in total. The Bertz CT molecular complexity index is 1210. The third kappa shape index (κ3) is 6.29. The first-order chi connectivity index (χ1) is 16.1. The molecule has 3 rings (SSSR count). The van der Waals surface area contributed by atoms with E-state index in [4.69, 9.17) is 4.74 Å². The standard InChI is InChI=1S/C23H22N4O6S/c1-23(2,3)15-5-8-17(9-6-15)33-18-10-7-16(27(30)31)11-14(18)13-24-26-22-25-21(29)19(34-22)12-20(28)32-4/h5-13H,1-4H3,(H,25,26,29)/b19-12+,24-13?. The SMILES string of the molecule is COC(=O)/C=C1/S/C(=N\N=Cc2cc([N+](=O)[O-])ccc2Oc2ccc(C(C)(C)C)cc2)NC1=O. The summed E-state index contributed by atoms with van der Waals surface area (Å²) in [5.41, 5.74) is 1.30. The van der Waals surface area contributed by atoms with Crippen LogP contribution in [0, 0.1) is 10.1 Å². The Kier molecular flexibility index (Phi) is 7.47. The number of ether oxygens (including phenoxy) is 2. The fourth-order valence-electron chi connectivity index (χ4n) is 2.78. The molecule has 1 aliphatic heterocycles. The van der Waals surface area contributed by atoms with E-state index in [2.05, 4.69) is 41.0 Å². The maximum absolute atomic E-state index is 11.9. The number of nitro groups is 1. The summed E-state index contributed by atoms with van der Waals surface area (Å²) in [5, 5.41) is 21.7. The van der Waals surface area contributed by atoms with Crippen molar-refractivity contribution >= 4 is 40.7 Å².